The molecule has 40 heavy (non-hydrogen) atoms. The van der Waals surface area contributed by atoms with Crippen LogP contribution in [0.1, 0.15) is 20.3 Å². The summed E-state index contributed by atoms with van der Waals surface area (Å²) in [6.07, 6.45) is 1.78. The zero-order valence-electron chi connectivity index (χ0n) is 22.6. The molecule has 218 valence electrons. The summed E-state index contributed by atoms with van der Waals surface area (Å²) in [5, 5.41) is 26.8. The lowest BCUT2D eigenvalue weighted by atomic mass is 9.78. The van der Waals surface area contributed by atoms with Crippen molar-refractivity contribution in [3.05, 3.63) is 16.9 Å². The van der Waals surface area contributed by atoms with Gasteiger partial charge in [-0.2, -0.15) is 0 Å². The van der Waals surface area contributed by atoms with Crippen LogP contribution in [0.5, 0.6) is 0 Å². The molecule has 1 aromatic heterocycles. The number of aliphatic carboxylic acids is 1. The molecule has 0 bridgehead atoms. The molecule has 5 rings (SSSR count). The number of thioether (sulfide) groups is 1. The molecule has 5 heterocycles. The van der Waals surface area contributed by atoms with Crippen molar-refractivity contribution >= 4 is 35.5 Å². The van der Waals surface area contributed by atoms with E-state index < -0.39 is 17.9 Å². The maximum Gasteiger partial charge on any atom is 0.353 e. The lowest BCUT2D eigenvalue weighted by molar-refractivity contribution is -0.158. The van der Waals surface area contributed by atoms with Gasteiger partial charge in [-0.25, -0.2) is 9.48 Å². The van der Waals surface area contributed by atoms with Crippen molar-refractivity contribution in [2.75, 3.05) is 33.3 Å². The number of ether oxygens (including phenoxy) is 1. The Labute approximate surface area is 235 Å². The Kier molecular flexibility index (Phi) is 8.13. The molecule has 0 saturated carbocycles. The molecule has 0 radical (unpaired) electrons. The maximum atomic E-state index is 13.2. The van der Waals surface area contributed by atoms with E-state index >= 15 is 0 Å². The van der Waals surface area contributed by atoms with Gasteiger partial charge >= 0.3 is 5.97 Å². The van der Waals surface area contributed by atoms with Crippen LogP contribution in [-0.4, -0.2) is 122 Å². The van der Waals surface area contributed by atoms with Crippen LogP contribution in [0, 0.1) is 17.8 Å². The van der Waals surface area contributed by atoms with Gasteiger partial charge in [0.1, 0.15) is 18.6 Å². The second kappa shape index (κ2) is 11.4. The Morgan fingerprint density at radius 2 is 2.12 bits per heavy atom. The summed E-state index contributed by atoms with van der Waals surface area (Å²) < 4.78 is 6.77. The first-order chi connectivity index (χ1) is 19.1. The minimum absolute atomic E-state index is 0.000917. The van der Waals surface area contributed by atoms with Crippen molar-refractivity contribution in [1.82, 2.24) is 40.6 Å². The van der Waals surface area contributed by atoms with E-state index in [4.69, 9.17) is 10.5 Å². The van der Waals surface area contributed by atoms with E-state index in [1.807, 2.05) is 6.92 Å². The van der Waals surface area contributed by atoms with E-state index in [-0.39, 0.29) is 65.2 Å². The quantitative estimate of drug-likeness (QED) is 0.220. The number of carboxylic acid groups (broad SMARTS) is 1. The molecule has 2 unspecified atom stereocenters. The summed E-state index contributed by atoms with van der Waals surface area (Å²) in [6, 6.07) is -1.26. The van der Waals surface area contributed by atoms with Crippen LogP contribution in [0.15, 0.2) is 16.9 Å². The summed E-state index contributed by atoms with van der Waals surface area (Å²) in [7, 11) is 1.63. The molecule has 4 aliphatic heterocycles. The minimum Gasteiger partial charge on any atom is -0.477 e. The molecule has 3 amide bonds. The number of amides is 3. The highest BCUT2D eigenvalue weighted by atomic mass is 32.2. The molecule has 1 aromatic rings. The summed E-state index contributed by atoms with van der Waals surface area (Å²) in [4.78, 5) is 54.9. The number of β-lactam (4-membered cyclic amide) rings is 1. The fourth-order valence-corrected chi connectivity index (χ4v) is 7.86. The number of nitrogens with zero attached hydrogens (tertiary/aromatic N) is 6. The third kappa shape index (κ3) is 5.08. The highest BCUT2D eigenvalue weighted by Crippen LogP contribution is 2.51. The summed E-state index contributed by atoms with van der Waals surface area (Å²) >= 11 is 1.43. The monoisotopic (exact) mass is 577 g/mol. The molecule has 0 aliphatic carbocycles. The largest absolute Gasteiger partial charge is 0.477 e. The first-order valence-electron chi connectivity index (χ1n) is 13.4. The predicted octanol–water partition coefficient (Wildman–Crippen LogP) is -2.15. The fourth-order valence-electron chi connectivity index (χ4n) is 6.38. The number of tetrazole rings is 1. The number of rotatable bonds is 10. The van der Waals surface area contributed by atoms with Gasteiger partial charge in [-0.1, -0.05) is 6.92 Å². The number of carbonyl (C=O) groups is 4. The van der Waals surface area contributed by atoms with Crippen LogP contribution in [0.3, 0.4) is 0 Å². The number of aromatic nitrogens is 4. The second-order valence-corrected chi connectivity index (χ2v) is 12.2. The van der Waals surface area contributed by atoms with Gasteiger partial charge in [0.05, 0.1) is 24.1 Å². The zero-order chi connectivity index (χ0) is 28.7. The Morgan fingerprint density at radius 3 is 2.75 bits per heavy atom. The molecule has 0 spiro atoms. The van der Waals surface area contributed by atoms with Crippen LogP contribution in [0.4, 0.5) is 0 Å². The summed E-state index contributed by atoms with van der Waals surface area (Å²) in [6.45, 7) is 5.61. The lowest BCUT2D eigenvalue weighted by Gasteiger charge is -2.47. The Bertz CT molecular complexity index is 1180. The Morgan fingerprint density at radius 1 is 1.35 bits per heavy atom. The van der Waals surface area contributed by atoms with Crippen LogP contribution < -0.4 is 16.4 Å². The topological polar surface area (TPSA) is 198 Å². The number of hydrogen-bond acceptors (Lipinski definition) is 11. The number of nitrogens with one attached hydrogen (secondary N) is 2. The third-order valence-electron chi connectivity index (χ3n) is 8.40. The van der Waals surface area contributed by atoms with Gasteiger partial charge in [-0.3, -0.25) is 14.4 Å². The van der Waals surface area contributed by atoms with E-state index in [1.54, 1.807) is 18.9 Å². The van der Waals surface area contributed by atoms with Crippen molar-refractivity contribution in [2.24, 2.45) is 23.5 Å². The van der Waals surface area contributed by atoms with Crippen LogP contribution in [-0.2, 0) is 30.5 Å². The number of likely N-dealkylation sites (tertiary alicyclic amines) is 1. The fraction of sp³-hybridized carbons (Fsp3) is 0.708. The first kappa shape index (κ1) is 28.4. The van der Waals surface area contributed by atoms with Crippen molar-refractivity contribution in [3.63, 3.8) is 0 Å². The van der Waals surface area contributed by atoms with Crippen molar-refractivity contribution in [3.8, 4) is 0 Å². The number of hydrogen-bond donors (Lipinski definition) is 4. The van der Waals surface area contributed by atoms with E-state index in [0.29, 0.717) is 37.5 Å². The standard InChI is InChI=1S/C24H35N9O6S/c1-11-19-18(12(2)28-17(34)9-32-10-27-29-30-32)23(36)33(19)20(24(37)38)21(11)40-14-4-15(26-6-14)22(35)31-7-13(5-25)16(8-31)39-3/h10-16,18-19,26H,4-9,25H2,1-3H3,(H,28,34)(H,37,38)/t11-,12-,13?,14+,15+,16?,18-,19-/m1/s1. The molecule has 3 saturated heterocycles. The highest BCUT2D eigenvalue weighted by Gasteiger charge is 2.60. The number of carbonyl (C=O) groups excluding carboxylic acids is 3. The van der Waals surface area contributed by atoms with Crippen LogP contribution in [0.25, 0.3) is 0 Å². The summed E-state index contributed by atoms with van der Waals surface area (Å²) in [5.41, 5.74) is 5.85. The van der Waals surface area contributed by atoms with Gasteiger partial charge in [0.2, 0.25) is 17.7 Å². The van der Waals surface area contributed by atoms with Crippen LogP contribution in [0.2, 0.25) is 0 Å². The molecule has 5 N–H and O–H groups in total. The molecule has 16 heteroatoms. The number of fused-ring (bicyclic) bond motifs is 1. The first-order valence-corrected chi connectivity index (χ1v) is 14.2. The van der Waals surface area contributed by atoms with E-state index in [2.05, 4.69) is 26.2 Å². The molecular formula is C24H35N9O6S. The third-order valence-corrected chi connectivity index (χ3v) is 9.91. The maximum absolute atomic E-state index is 13.2. The number of nitrogens with two attached hydrogens (primary N) is 1. The van der Waals surface area contributed by atoms with Crippen molar-refractivity contribution in [2.45, 2.75) is 56.3 Å². The number of methoxy groups -OCH3 is 1. The van der Waals surface area contributed by atoms with E-state index in [0.717, 1.165) is 0 Å². The van der Waals surface area contributed by atoms with Gasteiger partial charge in [0, 0.05) is 54.8 Å². The highest BCUT2D eigenvalue weighted by molar-refractivity contribution is 8.03. The zero-order valence-corrected chi connectivity index (χ0v) is 23.4. The molecule has 4 aliphatic rings. The van der Waals surface area contributed by atoms with E-state index in [9.17, 15) is 24.3 Å². The smallest absolute Gasteiger partial charge is 0.353 e. The molecular weight excluding hydrogens is 542 g/mol. The predicted molar refractivity (Wildman–Crippen MR) is 141 cm³/mol. The number of carboxylic acids is 1. The van der Waals surface area contributed by atoms with Gasteiger partial charge in [-0.15, -0.1) is 16.9 Å². The van der Waals surface area contributed by atoms with Gasteiger partial charge in [0.15, 0.2) is 0 Å². The second-order valence-electron chi connectivity index (χ2n) is 10.8. The normalized spacial score (nSPS) is 32.3. The SMILES string of the molecule is COC1CN(C(=O)[C@@H]2C[C@H](SC3=C(C(=O)O)N4C(=O)[C@H]([C@@H](C)NC(=O)Cn5cnnn5)[C@H]4[C@H]3C)CN2)CC1CN. The molecule has 8 atom stereocenters. The van der Waals surface area contributed by atoms with Gasteiger partial charge in [-0.05, 0) is 30.3 Å². The molecule has 3 fully saturated rings. The minimum atomic E-state index is -1.16. The summed E-state index contributed by atoms with van der Waals surface area (Å²) in [5.74, 6) is -2.53. The van der Waals surface area contributed by atoms with E-state index in [1.165, 1.54) is 27.7 Å². The Hall–Kier alpha value is -3.08. The lowest BCUT2D eigenvalue weighted by Crippen LogP contribution is -2.66. The molecule has 0 aromatic carbocycles. The average molecular weight is 578 g/mol. The Balaban J connectivity index is 1.22. The average Bonchev–Trinajstić information content (AvgIpc) is 3.71. The van der Waals surface area contributed by atoms with Gasteiger partial charge < -0.3 is 36.0 Å². The van der Waals surface area contributed by atoms with Crippen molar-refractivity contribution in [1.29, 1.82) is 0 Å². The van der Waals surface area contributed by atoms with Crippen molar-refractivity contribution < 1.29 is 29.0 Å². The van der Waals surface area contributed by atoms with Crippen LogP contribution >= 0.6 is 11.8 Å². The molecule has 15 nitrogen and oxygen atoms in total. The van der Waals surface area contributed by atoms with Gasteiger partial charge in [0.25, 0.3) is 0 Å².